The van der Waals surface area contributed by atoms with Crippen LogP contribution in [0, 0.1) is 0 Å². The number of ketones is 2. The van der Waals surface area contributed by atoms with Crippen molar-refractivity contribution in [1.82, 2.24) is 9.80 Å². The van der Waals surface area contributed by atoms with Crippen LogP contribution >= 0.6 is 0 Å². The van der Waals surface area contributed by atoms with Gasteiger partial charge in [0.25, 0.3) is 5.91 Å². The monoisotopic (exact) mass is 524 g/mol. The molecule has 5 rings (SSSR count). The molecule has 2 fully saturated rings. The maximum atomic E-state index is 13.0. The van der Waals surface area contributed by atoms with Gasteiger partial charge in [-0.3, -0.25) is 19.3 Å². The molecule has 0 bridgehead atoms. The van der Waals surface area contributed by atoms with E-state index in [1.54, 1.807) is 17.0 Å². The third-order valence-electron chi connectivity index (χ3n) is 7.73. The summed E-state index contributed by atoms with van der Waals surface area (Å²) < 4.78 is 29.7. The molecule has 0 spiro atoms. The van der Waals surface area contributed by atoms with Gasteiger partial charge in [0.1, 0.15) is 28.0 Å². The molecule has 2 heterocycles. The number of benzene rings is 2. The maximum absolute atomic E-state index is 13.0. The van der Waals surface area contributed by atoms with Gasteiger partial charge in [-0.2, -0.15) is 0 Å². The Balaban J connectivity index is 1.18. The average Bonchev–Trinajstić information content (AvgIpc) is 3.20. The van der Waals surface area contributed by atoms with Crippen molar-refractivity contribution < 1.29 is 27.5 Å². The number of likely N-dealkylation sites (tertiary alicyclic amines) is 1. The highest BCUT2D eigenvalue weighted by Gasteiger charge is 2.40. The third-order valence-corrected chi connectivity index (χ3v) is 9.41. The molecule has 2 aromatic carbocycles. The largest absolute Gasteiger partial charge is 0.489 e. The summed E-state index contributed by atoms with van der Waals surface area (Å²) in [5.74, 6) is 0.209. The Labute approximate surface area is 217 Å². The summed E-state index contributed by atoms with van der Waals surface area (Å²) in [7, 11) is -2.97. The zero-order chi connectivity index (χ0) is 26.2. The zero-order valence-electron chi connectivity index (χ0n) is 21.0. The second-order valence-corrected chi connectivity index (χ2v) is 12.7. The van der Waals surface area contributed by atoms with Gasteiger partial charge >= 0.3 is 0 Å². The number of fused-ring (bicyclic) bond motifs is 1. The van der Waals surface area contributed by atoms with Gasteiger partial charge in [0.15, 0.2) is 5.78 Å². The Morgan fingerprint density at radius 1 is 0.946 bits per heavy atom. The summed E-state index contributed by atoms with van der Waals surface area (Å²) in [5.41, 5.74) is 3.50. The number of rotatable bonds is 7. The second-order valence-electron chi connectivity index (χ2n) is 10.4. The van der Waals surface area contributed by atoms with Gasteiger partial charge in [-0.15, -0.1) is 0 Å². The molecule has 1 aliphatic carbocycles. The average molecular weight is 525 g/mol. The van der Waals surface area contributed by atoms with E-state index in [1.807, 2.05) is 18.2 Å². The smallest absolute Gasteiger partial charge is 0.255 e. The van der Waals surface area contributed by atoms with Crippen molar-refractivity contribution in [3.63, 3.8) is 0 Å². The molecule has 8 nitrogen and oxygen atoms in total. The highest BCUT2D eigenvalue weighted by atomic mass is 32.2. The first-order valence-electron chi connectivity index (χ1n) is 12.8. The van der Waals surface area contributed by atoms with Crippen molar-refractivity contribution in [2.45, 2.75) is 63.1 Å². The van der Waals surface area contributed by atoms with Crippen molar-refractivity contribution in [3.8, 4) is 5.75 Å². The molecule has 0 N–H and O–H groups in total. The van der Waals surface area contributed by atoms with Crippen molar-refractivity contribution in [3.05, 3.63) is 64.7 Å². The lowest BCUT2D eigenvalue weighted by Crippen LogP contribution is -2.44. The van der Waals surface area contributed by atoms with Crippen LogP contribution in [-0.2, 0) is 39.1 Å². The number of amides is 1. The summed E-state index contributed by atoms with van der Waals surface area (Å²) in [6.45, 7) is 3.00. The fourth-order valence-corrected chi connectivity index (χ4v) is 6.62. The van der Waals surface area contributed by atoms with Crippen LogP contribution < -0.4 is 4.74 Å². The molecular formula is C28H32N2O6S. The summed E-state index contributed by atoms with van der Waals surface area (Å²) >= 11 is 0. The van der Waals surface area contributed by atoms with E-state index in [1.165, 1.54) is 11.8 Å². The van der Waals surface area contributed by atoms with E-state index in [0.717, 1.165) is 30.8 Å². The molecule has 37 heavy (non-hydrogen) atoms. The van der Waals surface area contributed by atoms with Crippen molar-refractivity contribution in [2.24, 2.45) is 0 Å². The Morgan fingerprint density at radius 2 is 1.65 bits per heavy atom. The minimum atomic E-state index is -2.97. The molecular weight excluding hydrogens is 492 g/mol. The first-order chi connectivity index (χ1) is 17.7. The molecule has 196 valence electrons. The second kappa shape index (κ2) is 10.4. The number of nitrogens with zero attached hydrogens (tertiary/aromatic N) is 2. The lowest BCUT2D eigenvalue weighted by molar-refractivity contribution is -0.133. The van der Waals surface area contributed by atoms with Crippen molar-refractivity contribution >= 4 is 27.3 Å². The number of piperidine rings is 1. The number of carbonyl (C=O) groups is 3. The van der Waals surface area contributed by atoms with Gasteiger partial charge in [0.2, 0.25) is 0 Å². The molecule has 1 atom stereocenters. The lowest BCUT2D eigenvalue weighted by Gasteiger charge is -2.31. The lowest BCUT2D eigenvalue weighted by atomic mass is 9.92. The van der Waals surface area contributed by atoms with Gasteiger partial charge in [-0.25, -0.2) is 8.42 Å². The summed E-state index contributed by atoms with van der Waals surface area (Å²) in [6.07, 6.45) is 3.30. The van der Waals surface area contributed by atoms with Crippen LogP contribution in [-0.4, -0.2) is 66.3 Å². The van der Waals surface area contributed by atoms with Crippen LogP contribution in [0.4, 0.5) is 0 Å². The Bertz CT molecular complexity index is 1310. The predicted octanol–water partition coefficient (Wildman–Crippen LogP) is 2.92. The molecule has 2 aromatic rings. The van der Waals surface area contributed by atoms with Crippen LogP contribution in [0.5, 0.6) is 5.75 Å². The first kappa shape index (κ1) is 25.6. The molecule has 2 aliphatic heterocycles. The van der Waals surface area contributed by atoms with Gasteiger partial charge in [0, 0.05) is 30.3 Å². The standard InChI is InChI=1S/C28H32N2O6S/c1-37(34,35)22-11-13-29(14-12-22)16-19-5-7-20(8-6-19)18-36-27-4-2-3-23-24(27)17-30(28(23)33)25-10-9-21(31)15-26(25)32/h2-8,22,25H,9-18H2,1H3. The van der Waals surface area contributed by atoms with E-state index >= 15 is 0 Å². The highest BCUT2D eigenvalue weighted by molar-refractivity contribution is 7.91. The van der Waals surface area contributed by atoms with Crippen LogP contribution in [0.25, 0.3) is 0 Å². The molecule has 9 heteroatoms. The van der Waals surface area contributed by atoms with Gasteiger partial charge in [-0.1, -0.05) is 30.3 Å². The summed E-state index contributed by atoms with van der Waals surface area (Å²) in [6, 6.07) is 13.0. The minimum absolute atomic E-state index is 0.0584. The number of Topliss-reactive ketones (excluding diaryl/α,β-unsaturated/α-hetero) is 2. The van der Waals surface area contributed by atoms with E-state index in [2.05, 4.69) is 17.0 Å². The van der Waals surface area contributed by atoms with E-state index in [-0.39, 0.29) is 29.1 Å². The highest BCUT2D eigenvalue weighted by Crippen LogP contribution is 2.34. The van der Waals surface area contributed by atoms with Crippen molar-refractivity contribution in [2.75, 3.05) is 19.3 Å². The molecule has 1 amide bonds. The third kappa shape index (κ3) is 5.62. The topological polar surface area (TPSA) is 101 Å². The van der Waals surface area contributed by atoms with E-state index in [9.17, 15) is 22.8 Å². The summed E-state index contributed by atoms with van der Waals surface area (Å²) in [5, 5.41) is -0.225. The Morgan fingerprint density at radius 3 is 2.32 bits per heavy atom. The number of ether oxygens (including phenoxy) is 1. The number of hydrogen-bond donors (Lipinski definition) is 0. The number of sulfone groups is 1. The van der Waals surface area contributed by atoms with Crippen molar-refractivity contribution in [1.29, 1.82) is 0 Å². The quantitative estimate of drug-likeness (QED) is 0.514. The van der Waals surface area contributed by atoms with Gasteiger partial charge in [-0.05, 0) is 55.6 Å². The molecule has 1 unspecified atom stereocenters. The minimum Gasteiger partial charge on any atom is -0.489 e. The predicted molar refractivity (Wildman–Crippen MR) is 138 cm³/mol. The summed E-state index contributed by atoms with van der Waals surface area (Å²) in [4.78, 5) is 40.9. The molecule has 0 radical (unpaired) electrons. The first-order valence-corrected chi connectivity index (χ1v) is 14.7. The normalized spacial score (nSPS) is 21.4. The van der Waals surface area contributed by atoms with Crippen LogP contribution in [0.1, 0.15) is 59.2 Å². The van der Waals surface area contributed by atoms with E-state index in [4.69, 9.17) is 4.74 Å². The molecule has 1 saturated heterocycles. The van der Waals surface area contributed by atoms with E-state index < -0.39 is 15.9 Å². The number of carbonyl (C=O) groups excluding carboxylic acids is 3. The number of hydrogen-bond acceptors (Lipinski definition) is 7. The Hall–Kier alpha value is -3.04. The maximum Gasteiger partial charge on any atom is 0.255 e. The fourth-order valence-electron chi connectivity index (χ4n) is 5.56. The van der Waals surface area contributed by atoms with Gasteiger partial charge < -0.3 is 9.64 Å². The zero-order valence-corrected chi connectivity index (χ0v) is 21.8. The molecule has 1 saturated carbocycles. The van der Waals surface area contributed by atoms with Crippen LogP contribution in [0.2, 0.25) is 0 Å². The fraction of sp³-hybridized carbons (Fsp3) is 0.464. The van der Waals surface area contributed by atoms with Crippen LogP contribution in [0.15, 0.2) is 42.5 Å². The molecule has 0 aromatic heterocycles. The Kier molecular flexibility index (Phi) is 7.18. The van der Waals surface area contributed by atoms with E-state index in [0.29, 0.717) is 50.1 Å². The SMILES string of the molecule is CS(=O)(=O)C1CCN(Cc2ccc(COc3cccc4c3CN(C3CCC(=O)CC3=O)C4=O)cc2)CC1. The van der Waals surface area contributed by atoms with Crippen LogP contribution in [0.3, 0.4) is 0 Å². The molecule has 3 aliphatic rings. The van der Waals surface area contributed by atoms with Gasteiger partial charge in [0.05, 0.1) is 24.3 Å².